The summed E-state index contributed by atoms with van der Waals surface area (Å²) < 4.78 is 0. The quantitative estimate of drug-likeness (QED) is 0.431. The van der Waals surface area contributed by atoms with Crippen LogP contribution in [-0.2, 0) is 9.59 Å². The summed E-state index contributed by atoms with van der Waals surface area (Å²) in [7, 11) is 3.75. The number of benzene rings is 2. The lowest BCUT2D eigenvalue weighted by Crippen LogP contribution is -2.35. The molecule has 158 valence electrons. The van der Waals surface area contributed by atoms with Crippen molar-refractivity contribution in [1.29, 1.82) is 0 Å². The summed E-state index contributed by atoms with van der Waals surface area (Å²) in [4.78, 5) is 29.2. The number of aliphatic hydroxyl groups excluding tert-OH is 1. The molecule has 0 saturated carbocycles. The molecule has 2 N–H and O–H groups in total. The molecule has 0 aromatic heterocycles. The van der Waals surface area contributed by atoms with Crippen LogP contribution in [0.5, 0.6) is 5.75 Å². The van der Waals surface area contributed by atoms with Crippen LogP contribution in [0.15, 0.2) is 42.0 Å². The van der Waals surface area contributed by atoms with Crippen molar-refractivity contribution in [3.63, 3.8) is 0 Å². The summed E-state index contributed by atoms with van der Waals surface area (Å²) in [5.41, 5.74) is 2.37. The molecule has 1 aliphatic rings. The van der Waals surface area contributed by atoms with Crippen molar-refractivity contribution < 1.29 is 19.8 Å². The van der Waals surface area contributed by atoms with E-state index in [1.165, 1.54) is 11.0 Å². The predicted octanol–water partition coefficient (Wildman–Crippen LogP) is 3.65. The number of halogens is 1. The molecule has 0 aliphatic carbocycles. The van der Waals surface area contributed by atoms with E-state index >= 15 is 0 Å². The molecule has 2 aromatic rings. The van der Waals surface area contributed by atoms with Gasteiger partial charge in [0.1, 0.15) is 11.5 Å². The molecule has 1 heterocycles. The van der Waals surface area contributed by atoms with Crippen LogP contribution < -0.4 is 0 Å². The lowest BCUT2D eigenvalue weighted by atomic mass is 9.94. The van der Waals surface area contributed by atoms with Gasteiger partial charge in [-0.2, -0.15) is 0 Å². The third-order valence-electron chi connectivity index (χ3n) is 5.36. The summed E-state index contributed by atoms with van der Waals surface area (Å²) in [5, 5.41) is 21.9. The molecular formula is C23H25ClN2O4. The van der Waals surface area contributed by atoms with Crippen LogP contribution in [-0.4, -0.2) is 58.9 Å². The fourth-order valence-electron chi connectivity index (χ4n) is 3.58. The molecule has 30 heavy (non-hydrogen) atoms. The number of likely N-dealkylation sites (tertiary alicyclic amines) is 1. The van der Waals surface area contributed by atoms with Crippen LogP contribution in [0.2, 0.25) is 5.02 Å². The van der Waals surface area contributed by atoms with Gasteiger partial charge in [-0.05, 0) is 68.9 Å². The Kier molecular flexibility index (Phi) is 6.19. The normalized spacial score (nSPS) is 18.5. The number of carbonyl (C=O) groups is 2. The number of Topliss-reactive ketones (excluding diaryl/α,β-unsaturated/α-hetero) is 1. The van der Waals surface area contributed by atoms with E-state index < -0.39 is 23.5 Å². The number of nitrogens with zero attached hydrogens (tertiary/aromatic N) is 2. The first-order valence-electron chi connectivity index (χ1n) is 9.61. The molecule has 1 fully saturated rings. The lowest BCUT2D eigenvalue weighted by molar-refractivity contribution is -0.140. The van der Waals surface area contributed by atoms with E-state index in [4.69, 9.17) is 11.6 Å². The lowest BCUT2D eigenvalue weighted by Gasteiger charge is -2.26. The number of aliphatic hydroxyl groups is 1. The number of amides is 1. The summed E-state index contributed by atoms with van der Waals surface area (Å²) in [6.45, 7) is 4.52. The molecular weight excluding hydrogens is 404 g/mol. The Hall–Kier alpha value is -2.83. The van der Waals surface area contributed by atoms with Gasteiger partial charge in [-0.1, -0.05) is 23.7 Å². The van der Waals surface area contributed by atoms with Crippen molar-refractivity contribution in [2.45, 2.75) is 19.9 Å². The highest BCUT2D eigenvalue weighted by Gasteiger charge is 2.46. The maximum Gasteiger partial charge on any atom is 0.295 e. The van der Waals surface area contributed by atoms with Crippen molar-refractivity contribution in [3.05, 3.63) is 69.2 Å². The molecule has 1 amide bonds. The van der Waals surface area contributed by atoms with E-state index in [1.54, 1.807) is 30.3 Å². The van der Waals surface area contributed by atoms with Crippen LogP contribution in [0.25, 0.3) is 5.76 Å². The highest BCUT2D eigenvalue weighted by Crippen LogP contribution is 2.41. The molecule has 0 bridgehead atoms. The monoisotopic (exact) mass is 428 g/mol. The molecule has 0 unspecified atom stereocenters. The highest BCUT2D eigenvalue weighted by molar-refractivity contribution is 6.46. The Morgan fingerprint density at radius 2 is 1.80 bits per heavy atom. The number of phenols is 1. The van der Waals surface area contributed by atoms with E-state index in [0.29, 0.717) is 23.7 Å². The van der Waals surface area contributed by atoms with Gasteiger partial charge in [-0.3, -0.25) is 9.59 Å². The molecule has 0 spiro atoms. The number of likely N-dealkylation sites (N-methyl/N-ethyl adjacent to an activating group) is 1. The number of hydrogen-bond donors (Lipinski definition) is 2. The van der Waals surface area contributed by atoms with E-state index in [1.807, 2.05) is 32.8 Å². The number of aryl methyl sites for hydroxylation is 2. The van der Waals surface area contributed by atoms with Crippen LogP contribution in [0.3, 0.4) is 0 Å². The standard InChI is InChI=1S/C23H25ClN2O4/c1-13-10-17(18(27)11-14(13)2)21(28)19-20(15-6-5-7-16(24)12-15)26(9-8-25(3)4)23(30)22(19)29/h5-7,10-12,20,27-28H,8-9H2,1-4H3/t20-/m0/s1. The third-order valence-corrected chi connectivity index (χ3v) is 5.59. The molecule has 2 aromatic carbocycles. The van der Waals surface area contributed by atoms with Gasteiger partial charge in [-0.25, -0.2) is 0 Å². The average molecular weight is 429 g/mol. The summed E-state index contributed by atoms with van der Waals surface area (Å²) in [6.07, 6.45) is 0. The van der Waals surface area contributed by atoms with Crippen molar-refractivity contribution >= 4 is 29.1 Å². The Morgan fingerprint density at radius 3 is 2.43 bits per heavy atom. The molecule has 1 saturated heterocycles. The summed E-state index contributed by atoms with van der Waals surface area (Å²) in [6, 6.07) is 9.21. The molecule has 7 heteroatoms. The molecule has 1 atom stereocenters. The first-order valence-corrected chi connectivity index (χ1v) is 9.98. The number of aromatic hydroxyl groups is 1. The van der Waals surface area contributed by atoms with Crippen molar-refractivity contribution in [1.82, 2.24) is 9.80 Å². The van der Waals surface area contributed by atoms with E-state index in [0.717, 1.165) is 11.1 Å². The zero-order valence-electron chi connectivity index (χ0n) is 17.4. The Labute approximate surface area is 181 Å². The first kappa shape index (κ1) is 21.9. The zero-order valence-corrected chi connectivity index (χ0v) is 18.2. The SMILES string of the molecule is Cc1cc(O)c(C(O)=C2C(=O)C(=O)N(CCN(C)C)[C@H]2c2cccc(Cl)c2)cc1C. The average Bonchev–Trinajstić information content (AvgIpc) is 2.93. The second-order valence-electron chi connectivity index (χ2n) is 7.80. The van der Waals surface area contributed by atoms with Crippen molar-refractivity contribution in [2.24, 2.45) is 0 Å². The second kappa shape index (κ2) is 8.50. The number of carbonyl (C=O) groups excluding carboxylic acids is 2. The Bertz CT molecular complexity index is 1050. The Balaban J connectivity index is 2.21. The zero-order chi connectivity index (χ0) is 22.2. The maximum absolute atomic E-state index is 13.0. The topological polar surface area (TPSA) is 81.1 Å². The largest absolute Gasteiger partial charge is 0.507 e. The number of ketones is 1. The fourth-order valence-corrected chi connectivity index (χ4v) is 3.78. The second-order valence-corrected chi connectivity index (χ2v) is 8.24. The van der Waals surface area contributed by atoms with E-state index in [2.05, 4.69) is 0 Å². The molecule has 6 nitrogen and oxygen atoms in total. The number of phenolic OH excluding ortho intramolecular Hbond substituents is 1. The van der Waals surface area contributed by atoms with Gasteiger partial charge < -0.3 is 20.0 Å². The van der Waals surface area contributed by atoms with E-state index in [9.17, 15) is 19.8 Å². The first-order chi connectivity index (χ1) is 14.1. The van der Waals surface area contributed by atoms with Crippen LogP contribution in [0.4, 0.5) is 0 Å². The minimum Gasteiger partial charge on any atom is -0.507 e. The van der Waals surface area contributed by atoms with E-state index in [-0.39, 0.29) is 16.9 Å². The van der Waals surface area contributed by atoms with Crippen molar-refractivity contribution in [2.75, 3.05) is 27.2 Å². The minimum absolute atomic E-state index is 0.0559. The van der Waals surface area contributed by atoms with Crippen LogP contribution >= 0.6 is 11.6 Å². The molecule has 3 rings (SSSR count). The smallest absolute Gasteiger partial charge is 0.295 e. The Morgan fingerprint density at radius 1 is 1.13 bits per heavy atom. The predicted molar refractivity (Wildman–Crippen MR) is 117 cm³/mol. The van der Waals surface area contributed by atoms with Crippen LogP contribution in [0.1, 0.15) is 28.3 Å². The van der Waals surface area contributed by atoms with Crippen molar-refractivity contribution in [3.8, 4) is 5.75 Å². The van der Waals surface area contributed by atoms with Gasteiger partial charge in [0, 0.05) is 18.1 Å². The molecule has 1 aliphatic heterocycles. The van der Waals surface area contributed by atoms with Gasteiger partial charge in [0.25, 0.3) is 11.7 Å². The molecule has 0 radical (unpaired) electrons. The van der Waals surface area contributed by atoms with Gasteiger partial charge >= 0.3 is 0 Å². The number of hydrogen-bond acceptors (Lipinski definition) is 5. The van der Waals surface area contributed by atoms with Crippen LogP contribution in [0, 0.1) is 13.8 Å². The maximum atomic E-state index is 13.0. The van der Waals surface area contributed by atoms with Gasteiger partial charge in [0.15, 0.2) is 0 Å². The van der Waals surface area contributed by atoms with Gasteiger partial charge in [0.05, 0.1) is 17.2 Å². The minimum atomic E-state index is -0.801. The summed E-state index contributed by atoms with van der Waals surface area (Å²) in [5.74, 6) is -2.02. The number of rotatable bonds is 5. The van der Waals surface area contributed by atoms with Gasteiger partial charge in [-0.15, -0.1) is 0 Å². The highest BCUT2D eigenvalue weighted by atomic mass is 35.5. The summed E-state index contributed by atoms with van der Waals surface area (Å²) >= 11 is 6.16. The third kappa shape index (κ3) is 4.06. The van der Waals surface area contributed by atoms with Gasteiger partial charge in [0.2, 0.25) is 0 Å². The fraction of sp³-hybridized carbons (Fsp3) is 0.304.